The van der Waals surface area contributed by atoms with Crippen molar-refractivity contribution in [2.45, 2.75) is 52.6 Å². The fraction of sp³-hybridized carbons (Fsp3) is 0.400. The van der Waals surface area contributed by atoms with E-state index < -0.39 is 7.12 Å². The lowest BCUT2D eigenvalue weighted by molar-refractivity contribution is 0.425. The Hall–Kier alpha value is -4.07. The molecule has 0 aromatic carbocycles. The summed E-state index contributed by atoms with van der Waals surface area (Å²) in [6.07, 6.45) is 5.64. The number of pyridine rings is 2. The molecule has 2 saturated heterocycles. The van der Waals surface area contributed by atoms with Crippen molar-refractivity contribution in [1.29, 1.82) is 0 Å². The molecule has 4 N–H and O–H groups in total. The predicted octanol–water partition coefficient (Wildman–Crippen LogP) is 2.67. The molecule has 4 aromatic heterocycles. The van der Waals surface area contributed by atoms with E-state index >= 15 is 0 Å². The van der Waals surface area contributed by atoms with Gasteiger partial charge >= 0.3 is 7.12 Å². The van der Waals surface area contributed by atoms with Crippen LogP contribution in [0.5, 0.6) is 0 Å². The zero-order valence-electron chi connectivity index (χ0n) is 25.3. The van der Waals surface area contributed by atoms with E-state index in [2.05, 4.69) is 52.3 Å². The van der Waals surface area contributed by atoms with Gasteiger partial charge in [0.15, 0.2) is 17.5 Å². The highest BCUT2D eigenvalue weighted by atomic mass is 35.5. The molecule has 0 aliphatic carbocycles. The average Bonchev–Trinajstić information content (AvgIpc) is 3.55. The largest absolute Gasteiger partial charge is 0.490 e. The number of nitrogens with one attached hydrogen (secondary N) is 2. The van der Waals surface area contributed by atoms with Crippen LogP contribution in [0.25, 0.3) is 11.4 Å². The van der Waals surface area contributed by atoms with Crippen LogP contribution in [0, 0.1) is 27.7 Å². The zero-order valence-corrected chi connectivity index (χ0v) is 26.0. The van der Waals surface area contributed by atoms with Crippen molar-refractivity contribution < 1.29 is 10.0 Å². The van der Waals surface area contributed by atoms with Crippen LogP contribution < -0.4 is 25.9 Å². The molecule has 0 spiro atoms. The van der Waals surface area contributed by atoms with Gasteiger partial charge < -0.3 is 30.5 Å². The Morgan fingerprint density at radius 2 is 1.32 bits per heavy atom. The van der Waals surface area contributed by atoms with Crippen LogP contribution in [-0.4, -0.2) is 85.3 Å². The van der Waals surface area contributed by atoms with Gasteiger partial charge in [0.2, 0.25) is 5.28 Å². The van der Waals surface area contributed by atoms with Gasteiger partial charge in [-0.25, -0.2) is 15.0 Å². The van der Waals surface area contributed by atoms with Crippen LogP contribution in [0.15, 0.2) is 36.7 Å². The first-order chi connectivity index (χ1) is 21.1. The molecule has 14 heteroatoms. The van der Waals surface area contributed by atoms with Crippen LogP contribution in [-0.2, 0) is 0 Å². The number of hydrogen-bond donors (Lipinski definition) is 4. The average molecular weight is 615 g/mol. The van der Waals surface area contributed by atoms with Crippen molar-refractivity contribution >= 4 is 47.2 Å². The van der Waals surface area contributed by atoms with E-state index in [4.69, 9.17) is 26.6 Å². The fourth-order valence-corrected chi connectivity index (χ4v) is 6.18. The topological polar surface area (TPSA) is 148 Å². The van der Waals surface area contributed by atoms with Gasteiger partial charge in [-0.1, -0.05) is 6.07 Å². The quantitative estimate of drug-likeness (QED) is 0.194. The molecule has 2 fully saturated rings. The molecule has 2 atom stereocenters. The minimum atomic E-state index is -1.41. The second-order valence-corrected chi connectivity index (χ2v) is 11.9. The number of rotatable bonds is 2. The van der Waals surface area contributed by atoms with Gasteiger partial charge in [-0.3, -0.25) is 9.97 Å². The molecular formula is C30H36BClN10O2. The smallest absolute Gasteiger partial charge is 0.423 e. The first-order valence-electron chi connectivity index (χ1n) is 14.8. The number of anilines is 4. The van der Waals surface area contributed by atoms with E-state index in [1.54, 1.807) is 12.1 Å². The van der Waals surface area contributed by atoms with E-state index in [1.165, 1.54) is 24.7 Å². The van der Waals surface area contributed by atoms with Crippen LogP contribution in [0.1, 0.15) is 35.6 Å². The summed E-state index contributed by atoms with van der Waals surface area (Å²) in [5.74, 6) is 2.63. The lowest BCUT2D eigenvalue weighted by atomic mass is 9.82. The summed E-state index contributed by atoms with van der Waals surface area (Å²) < 4.78 is 0. The molecule has 8 heterocycles. The SMILES string of the molecule is Cc1ccc(-c2nc(C)c3c(n2)N[C@H]2CCN3C2)cn1.Cc1ccc(B(O)O)cn1.Cc1nc(Cl)nc2c1N1CC[C@@H](C1)N2. The van der Waals surface area contributed by atoms with Crippen molar-refractivity contribution in [3.05, 3.63) is 64.7 Å². The van der Waals surface area contributed by atoms with Crippen molar-refractivity contribution in [3.8, 4) is 11.4 Å². The van der Waals surface area contributed by atoms with Gasteiger partial charge in [-0.05, 0) is 70.3 Å². The molecule has 0 unspecified atom stereocenters. The minimum absolute atomic E-state index is 0.330. The standard InChI is InChI=1S/C15H17N5.C9H11ClN4.C6H8BNO2/c1-9-3-4-11(7-16-9)14-17-10(2)13-15(19-14)18-12-5-6-20(13)8-12;1-5-7-8(13-9(10)11-5)12-6-2-3-14(7)4-6;1-5-2-3-6(4-8-5)7(9)10/h3-4,7,12H,5-6,8H2,1-2H3,(H,17,18,19);6H,2-4H2,1H3,(H,11,12,13);2-4,9-10H,1H3/t12-;6-;/m00./s1. The second kappa shape index (κ2) is 12.5. The number of hydrogen-bond acceptors (Lipinski definition) is 12. The number of aromatic nitrogens is 6. The van der Waals surface area contributed by atoms with Crippen LogP contribution in [0.3, 0.4) is 0 Å². The van der Waals surface area contributed by atoms with E-state index in [9.17, 15) is 0 Å². The Bertz CT molecular complexity index is 1640. The van der Waals surface area contributed by atoms with Gasteiger partial charge in [0.05, 0.1) is 11.4 Å². The molecule has 44 heavy (non-hydrogen) atoms. The van der Waals surface area contributed by atoms with Gasteiger partial charge in [-0.2, -0.15) is 4.98 Å². The first kappa shape index (κ1) is 30.0. The lowest BCUT2D eigenvalue weighted by Gasteiger charge is -2.29. The molecule has 0 amide bonds. The highest BCUT2D eigenvalue weighted by molar-refractivity contribution is 6.58. The van der Waals surface area contributed by atoms with Crippen LogP contribution in [0.2, 0.25) is 5.28 Å². The van der Waals surface area contributed by atoms with E-state index in [-0.39, 0.29) is 0 Å². The number of aryl methyl sites for hydroxylation is 4. The Labute approximate surface area is 262 Å². The van der Waals surface area contributed by atoms with Gasteiger partial charge in [-0.15, -0.1) is 0 Å². The molecule has 228 valence electrons. The molecule has 0 radical (unpaired) electrons. The molecule has 8 rings (SSSR count). The van der Waals surface area contributed by atoms with Crippen molar-refractivity contribution in [2.24, 2.45) is 0 Å². The van der Waals surface area contributed by atoms with Crippen molar-refractivity contribution in [2.75, 3.05) is 46.6 Å². The van der Waals surface area contributed by atoms with Gasteiger partial charge in [0, 0.05) is 73.1 Å². The van der Waals surface area contributed by atoms with Crippen LogP contribution >= 0.6 is 11.6 Å². The van der Waals surface area contributed by atoms with Gasteiger partial charge in [0.25, 0.3) is 0 Å². The maximum Gasteiger partial charge on any atom is 0.490 e. The Morgan fingerprint density at radius 1 is 0.750 bits per heavy atom. The Balaban J connectivity index is 0.000000125. The summed E-state index contributed by atoms with van der Waals surface area (Å²) in [7, 11) is -1.41. The molecule has 4 bridgehead atoms. The summed E-state index contributed by atoms with van der Waals surface area (Å²) in [4.78, 5) is 30.7. The Morgan fingerprint density at radius 3 is 1.86 bits per heavy atom. The Kier molecular flexibility index (Phi) is 8.52. The minimum Gasteiger partial charge on any atom is -0.423 e. The van der Waals surface area contributed by atoms with Crippen LogP contribution in [0.4, 0.5) is 23.0 Å². The predicted molar refractivity (Wildman–Crippen MR) is 174 cm³/mol. The summed E-state index contributed by atoms with van der Waals surface area (Å²) in [5.41, 5.74) is 7.56. The van der Waals surface area contributed by atoms with Crippen molar-refractivity contribution in [1.82, 2.24) is 29.9 Å². The first-order valence-corrected chi connectivity index (χ1v) is 15.2. The second-order valence-electron chi connectivity index (χ2n) is 11.6. The lowest BCUT2D eigenvalue weighted by Crippen LogP contribution is -2.33. The zero-order chi connectivity index (χ0) is 31.0. The summed E-state index contributed by atoms with van der Waals surface area (Å²) >= 11 is 5.82. The van der Waals surface area contributed by atoms with E-state index in [0.29, 0.717) is 22.8 Å². The molecular weight excluding hydrogens is 579 g/mol. The third kappa shape index (κ3) is 6.40. The summed E-state index contributed by atoms with van der Waals surface area (Å²) in [5, 5.41) is 24.5. The monoisotopic (exact) mass is 614 g/mol. The maximum absolute atomic E-state index is 8.63. The fourth-order valence-electron chi connectivity index (χ4n) is 5.97. The summed E-state index contributed by atoms with van der Waals surface area (Å²) in [6.45, 7) is 12.2. The van der Waals surface area contributed by atoms with Gasteiger partial charge in [0.1, 0.15) is 11.4 Å². The molecule has 4 aromatic rings. The highest BCUT2D eigenvalue weighted by Gasteiger charge is 2.33. The maximum atomic E-state index is 8.63. The third-order valence-corrected chi connectivity index (χ3v) is 8.35. The van der Waals surface area contributed by atoms with Crippen molar-refractivity contribution in [3.63, 3.8) is 0 Å². The number of fused-ring (bicyclic) bond motifs is 8. The molecule has 4 aliphatic rings. The van der Waals surface area contributed by atoms with E-state index in [1.807, 2.05) is 39.1 Å². The van der Waals surface area contributed by atoms with E-state index in [0.717, 1.165) is 77.7 Å². The third-order valence-electron chi connectivity index (χ3n) is 8.18. The number of nitrogens with zero attached hydrogens (tertiary/aromatic N) is 8. The normalized spacial score (nSPS) is 18.5. The molecule has 12 nitrogen and oxygen atoms in total. The molecule has 4 aliphatic heterocycles. The number of halogens is 1. The highest BCUT2D eigenvalue weighted by Crippen LogP contribution is 2.38. The molecule has 0 saturated carbocycles. The summed E-state index contributed by atoms with van der Waals surface area (Å²) in [6, 6.07) is 8.45.